The van der Waals surface area contributed by atoms with Crippen LogP contribution in [0.25, 0.3) is 5.65 Å². The molecular formula is C12H9Cl2N5. The van der Waals surface area contributed by atoms with Crippen LogP contribution in [0, 0.1) is 0 Å². The van der Waals surface area contributed by atoms with E-state index in [4.69, 9.17) is 28.9 Å². The van der Waals surface area contributed by atoms with Crippen molar-refractivity contribution in [1.29, 1.82) is 0 Å². The summed E-state index contributed by atoms with van der Waals surface area (Å²) in [4.78, 5) is 8.44. The van der Waals surface area contributed by atoms with Gasteiger partial charge in [-0.3, -0.25) is 0 Å². The zero-order valence-corrected chi connectivity index (χ0v) is 11.2. The van der Waals surface area contributed by atoms with E-state index in [0.29, 0.717) is 27.3 Å². The minimum atomic E-state index is 0.390. The number of nitrogens with two attached hydrogens (primary N) is 1. The number of hydrogen-bond donors (Lipinski definition) is 2. The first-order chi connectivity index (χ1) is 9.11. The van der Waals surface area contributed by atoms with Gasteiger partial charge in [0.2, 0.25) is 0 Å². The third kappa shape index (κ3) is 2.43. The molecule has 0 bridgehead atoms. The number of benzene rings is 1. The van der Waals surface area contributed by atoms with Gasteiger partial charge in [0.15, 0.2) is 11.5 Å². The second kappa shape index (κ2) is 4.60. The lowest BCUT2D eigenvalue weighted by Gasteiger charge is -2.08. The molecule has 0 saturated carbocycles. The normalized spacial score (nSPS) is 10.8. The number of anilines is 3. The van der Waals surface area contributed by atoms with E-state index in [2.05, 4.69) is 15.3 Å². The van der Waals surface area contributed by atoms with E-state index in [1.54, 1.807) is 41.2 Å². The molecule has 0 saturated heterocycles. The Hall–Kier alpha value is -1.98. The number of hydrogen-bond acceptors (Lipinski definition) is 4. The van der Waals surface area contributed by atoms with Gasteiger partial charge in [0.1, 0.15) is 5.82 Å². The molecule has 5 nitrogen and oxygen atoms in total. The standard InChI is InChI=1S/C12H9Cl2N5/c13-7-3-8(14)5-9(4-7)17-11-12-16-1-2-19(12)6-10(15)18-11/h1-6H,15H2,(H,17,18). The summed E-state index contributed by atoms with van der Waals surface area (Å²) in [5, 5.41) is 4.19. The highest BCUT2D eigenvalue weighted by Gasteiger charge is 2.07. The van der Waals surface area contributed by atoms with Crippen molar-refractivity contribution in [3.63, 3.8) is 0 Å². The highest BCUT2D eigenvalue weighted by atomic mass is 35.5. The van der Waals surface area contributed by atoms with Crippen molar-refractivity contribution >= 4 is 46.2 Å². The van der Waals surface area contributed by atoms with Gasteiger partial charge in [-0.2, -0.15) is 0 Å². The van der Waals surface area contributed by atoms with E-state index in [-0.39, 0.29) is 0 Å². The minimum absolute atomic E-state index is 0.390. The first-order valence-electron chi connectivity index (χ1n) is 5.44. The molecule has 96 valence electrons. The fourth-order valence-corrected chi connectivity index (χ4v) is 2.32. The quantitative estimate of drug-likeness (QED) is 0.760. The third-order valence-corrected chi connectivity index (χ3v) is 2.95. The van der Waals surface area contributed by atoms with Gasteiger partial charge in [0, 0.05) is 28.1 Å². The second-order valence-electron chi connectivity index (χ2n) is 3.96. The molecule has 0 fully saturated rings. The monoisotopic (exact) mass is 293 g/mol. The molecule has 0 unspecified atom stereocenters. The van der Waals surface area contributed by atoms with E-state index in [1.807, 2.05) is 0 Å². The zero-order chi connectivity index (χ0) is 13.4. The number of nitrogen functional groups attached to an aromatic ring is 1. The summed E-state index contributed by atoms with van der Waals surface area (Å²) < 4.78 is 1.79. The van der Waals surface area contributed by atoms with Crippen LogP contribution in [-0.4, -0.2) is 14.4 Å². The molecule has 0 amide bonds. The summed E-state index contributed by atoms with van der Waals surface area (Å²) in [5.74, 6) is 0.935. The maximum Gasteiger partial charge on any atom is 0.180 e. The number of halogens is 2. The maximum absolute atomic E-state index is 5.95. The average molecular weight is 294 g/mol. The van der Waals surface area contributed by atoms with Crippen molar-refractivity contribution in [2.45, 2.75) is 0 Å². The van der Waals surface area contributed by atoms with Crippen molar-refractivity contribution < 1.29 is 0 Å². The van der Waals surface area contributed by atoms with Gasteiger partial charge < -0.3 is 15.5 Å². The van der Waals surface area contributed by atoms with E-state index in [1.165, 1.54) is 0 Å². The second-order valence-corrected chi connectivity index (χ2v) is 4.83. The summed E-state index contributed by atoms with van der Waals surface area (Å²) in [7, 11) is 0. The van der Waals surface area contributed by atoms with Gasteiger partial charge in [-0.1, -0.05) is 23.2 Å². The summed E-state index contributed by atoms with van der Waals surface area (Å²) in [6.07, 6.45) is 5.16. The number of aromatic nitrogens is 3. The van der Waals surface area contributed by atoms with E-state index in [9.17, 15) is 0 Å². The summed E-state index contributed by atoms with van der Waals surface area (Å²) in [6, 6.07) is 5.15. The van der Waals surface area contributed by atoms with Crippen LogP contribution < -0.4 is 11.1 Å². The van der Waals surface area contributed by atoms with Gasteiger partial charge in [-0.05, 0) is 18.2 Å². The molecule has 3 aromatic rings. The Labute approximate surface area is 119 Å². The van der Waals surface area contributed by atoms with Crippen LogP contribution in [0.2, 0.25) is 10.0 Å². The maximum atomic E-state index is 5.95. The van der Waals surface area contributed by atoms with Crippen LogP contribution in [-0.2, 0) is 0 Å². The van der Waals surface area contributed by atoms with Crippen molar-refractivity contribution in [2.75, 3.05) is 11.1 Å². The Balaban J connectivity index is 2.07. The van der Waals surface area contributed by atoms with Crippen LogP contribution in [0.4, 0.5) is 17.3 Å². The van der Waals surface area contributed by atoms with E-state index < -0.39 is 0 Å². The Morgan fingerprint density at radius 2 is 1.89 bits per heavy atom. The average Bonchev–Trinajstić information content (AvgIpc) is 2.75. The van der Waals surface area contributed by atoms with E-state index in [0.717, 1.165) is 5.69 Å². The number of nitrogens with one attached hydrogen (secondary N) is 1. The third-order valence-electron chi connectivity index (χ3n) is 2.52. The van der Waals surface area contributed by atoms with Crippen LogP contribution in [0.3, 0.4) is 0 Å². The number of fused-ring (bicyclic) bond motifs is 1. The number of imidazole rings is 1. The zero-order valence-electron chi connectivity index (χ0n) is 9.64. The largest absolute Gasteiger partial charge is 0.382 e. The van der Waals surface area contributed by atoms with Crippen molar-refractivity contribution in [3.8, 4) is 0 Å². The predicted molar refractivity (Wildman–Crippen MR) is 77.1 cm³/mol. The SMILES string of the molecule is Nc1cn2ccnc2c(Nc2cc(Cl)cc(Cl)c2)n1. The molecule has 2 heterocycles. The number of nitrogens with zero attached hydrogens (tertiary/aromatic N) is 3. The van der Waals surface area contributed by atoms with Crippen LogP contribution in [0.15, 0.2) is 36.8 Å². The lowest BCUT2D eigenvalue weighted by molar-refractivity contribution is 1.14. The molecule has 0 atom stereocenters. The fraction of sp³-hybridized carbons (Fsp3) is 0. The number of rotatable bonds is 2. The Morgan fingerprint density at radius 1 is 1.16 bits per heavy atom. The molecule has 0 radical (unpaired) electrons. The van der Waals surface area contributed by atoms with Gasteiger partial charge in [0.25, 0.3) is 0 Å². The lowest BCUT2D eigenvalue weighted by atomic mass is 10.3. The highest BCUT2D eigenvalue weighted by molar-refractivity contribution is 6.35. The molecule has 0 aliphatic rings. The summed E-state index contributed by atoms with van der Waals surface area (Å²) >= 11 is 11.9. The molecule has 0 spiro atoms. The smallest absolute Gasteiger partial charge is 0.180 e. The minimum Gasteiger partial charge on any atom is -0.382 e. The Bertz CT molecular complexity index is 733. The molecule has 0 aliphatic heterocycles. The molecule has 3 rings (SSSR count). The molecule has 0 aliphatic carbocycles. The van der Waals surface area contributed by atoms with Gasteiger partial charge in [-0.15, -0.1) is 0 Å². The Morgan fingerprint density at radius 3 is 2.63 bits per heavy atom. The van der Waals surface area contributed by atoms with Crippen LogP contribution in [0.1, 0.15) is 0 Å². The van der Waals surface area contributed by atoms with Gasteiger partial charge in [0.05, 0.1) is 6.20 Å². The Kier molecular flexibility index (Phi) is 2.93. The van der Waals surface area contributed by atoms with Crippen LogP contribution >= 0.6 is 23.2 Å². The molecule has 2 aromatic heterocycles. The van der Waals surface area contributed by atoms with Crippen molar-refractivity contribution in [3.05, 3.63) is 46.8 Å². The molecule has 1 aromatic carbocycles. The van der Waals surface area contributed by atoms with Crippen LogP contribution in [0.5, 0.6) is 0 Å². The van der Waals surface area contributed by atoms with E-state index >= 15 is 0 Å². The predicted octanol–water partition coefficient (Wildman–Crippen LogP) is 3.36. The first-order valence-corrected chi connectivity index (χ1v) is 6.20. The molecule has 7 heteroatoms. The summed E-state index contributed by atoms with van der Waals surface area (Å²) in [5.41, 5.74) is 7.14. The molecular weight excluding hydrogens is 285 g/mol. The first kappa shape index (κ1) is 12.1. The fourth-order valence-electron chi connectivity index (χ4n) is 1.80. The highest BCUT2D eigenvalue weighted by Crippen LogP contribution is 2.26. The summed E-state index contributed by atoms with van der Waals surface area (Å²) in [6.45, 7) is 0. The van der Waals surface area contributed by atoms with Gasteiger partial charge >= 0.3 is 0 Å². The molecule has 3 N–H and O–H groups in total. The molecule has 19 heavy (non-hydrogen) atoms. The van der Waals surface area contributed by atoms with Crippen molar-refractivity contribution in [1.82, 2.24) is 14.4 Å². The topological polar surface area (TPSA) is 68.2 Å². The lowest BCUT2D eigenvalue weighted by Crippen LogP contribution is -2.01. The van der Waals surface area contributed by atoms with Crippen molar-refractivity contribution in [2.24, 2.45) is 0 Å². The van der Waals surface area contributed by atoms with Gasteiger partial charge in [-0.25, -0.2) is 9.97 Å².